The van der Waals surface area contributed by atoms with Gasteiger partial charge in [0.05, 0.1) is 6.04 Å². The fourth-order valence-corrected chi connectivity index (χ4v) is 1.84. The second-order valence-corrected chi connectivity index (χ2v) is 4.91. The van der Waals surface area contributed by atoms with Gasteiger partial charge in [-0.15, -0.1) is 0 Å². The number of Topliss-reactive ketones (excluding diaryl/α,β-unsaturated/α-hetero) is 1. The lowest BCUT2D eigenvalue weighted by Gasteiger charge is -2.35. The monoisotopic (exact) mass is 169 g/mol. The molecule has 0 aromatic rings. The van der Waals surface area contributed by atoms with Crippen LogP contribution in [-0.2, 0) is 4.79 Å². The van der Waals surface area contributed by atoms with Crippen LogP contribution in [0.15, 0.2) is 0 Å². The van der Waals surface area contributed by atoms with Crippen LogP contribution in [0, 0.1) is 11.3 Å². The first-order valence-electron chi connectivity index (χ1n) is 4.69. The summed E-state index contributed by atoms with van der Waals surface area (Å²) in [7, 11) is 0. The molecule has 1 aliphatic carbocycles. The Kier molecular flexibility index (Phi) is 2.57. The predicted molar refractivity (Wildman–Crippen MR) is 49.8 cm³/mol. The summed E-state index contributed by atoms with van der Waals surface area (Å²) < 4.78 is 0. The third-order valence-corrected chi connectivity index (χ3v) is 2.92. The molecule has 1 fully saturated rings. The second kappa shape index (κ2) is 3.17. The topological polar surface area (TPSA) is 43.1 Å². The molecule has 2 atom stereocenters. The van der Waals surface area contributed by atoms with Crippen LogP contribution >= 0.6 is 0 Å². The van der Waals surface area contributed by atoms with E-state index in [4.69, 9.17) is 5.73 Å². The van der Waals surface area contributed by atoms with Crippen molar-refractivity contribution in [2.24, 2.45) is 17.1 Å². The van der Waals surface area contributed by atoms with Gasteiger partial charge in [-0.25, -0.2) is 0 Å². The van der Waals surface area contributed by atoms with E-state index in [1.165, 1.54) is 0 Å². The van der Waals surface area contributed by atoms with Gasteiger partial charge in [-0.1, -0.05) is 20.8 Å². The maximum Gasteiger partial charge on any atom is 0.149 e. The Labute approximate surface area is 74.5 Å². The number of hydrogen-bond acceptors (Lipinski definition) is 2. The fourth-order valence-electron chi connectivity index (χ4n) is 1.84. The summed E-state index contributed by atoms with van der Waals surface area (Å²) in [6.07, 6.45) is 2.58. The van der Waals surface area contributed by atoms with Crippen LogP contribution in [0.2, 0.25) is 0 Å². The highest BCUT2D eigenvalue weighted by Gasteiger charge is 2.32. The molecule has 0 saturated heterocycles. The van der Waals surface area contributed by atoms with Gasteiger partial charge in [-0.3, -0.25) is 4.79 Å². The average molecular weight is 169 g/mol. The molecule has 0 amide bonds. The van der Waals surface area contributed by atoms with Gasteiger partial charge in [-0.05, 0) is 24.2 Å². The molecule has 0 aliphatic heterocycles. The summed E-state index contributed by atoms with van der Waals surface area (Å²) in [4.78, 5) is 11.1. The second-order valence-electron chi connectivity index (χ2n) is 4.91. The van der Waals surface area contributed by atoms with E-state index < -0.39 is 0 Å². The van der Waals surface area contributed by atoms with Crippen molar-refractivity contribution in [3.05, 3.63) is 0 Å². The van der Waals surface area contributed by atoms with Crippen molar-refractivity contribution in [3.63, 3.8) is 0 Å². The van der Waals surface area contributed by atoms with E-state index in [1.54, 1.807) is 0 Å². The van der Waals surface area contributed by atoms with Gasteiger partial charge in [-0.2, -0.15) is 0 Å². The van der Waals surface area contributed by atoms with Crippen molar-refractivity contribution >= 4 is 5.78 Å². The van der Waals surface area contributed by atoms with E-state index in [-0.39, 0.29) is 11.8 Å². The van der Waals surface area contributed by atoms with Crippen LogP contribution in [0.5, 0.6) is 0 Å². The van der Waals surface area contributed by atoms with E-state index in [0.29, 0.717) is 17.8 Å². The first-order valence-corrected chi connectivity index (χ1v) is 4.69. The van der Waals surface area contributed by atoms with Crippen LogP contribution in [0.3, 0.4) is 0 Å². The minimum Gasteiger partial charge on any atom is -0.321 e. The van der Waals surface area contributed by atoms with Crippen LogP contribution in [0.1, 0.15) is 40.0 Å². The molecular weight excluding hydrogens is 150 g/mol. The molecule has 12 heavy (non-hydrogen) atoms. The minimum atomic E-state index is -0.192. The predicted octanol–water partition coefficient (Wildman–Crippen LogP) is 1.73. The van der Waals surface area contributed by atoms with E-state index in [9.17, 15) is 4.79 Å². The molecule has 1 saturated carbocycles. The number of nitrogens with two attached hydrogens (primary N) is 1. The minimum absolute atomic E-state index is 0.192. The van der Waals surface area contributed by atoms with Crippen molar-refractivity contribution in [2.45, 2.75) is 46.1 Å². The summed E-state index contributed by atoms with van der Waals surface area (Å²) in [6, 6.07) is -0.192. The Bertz CT molecular complexity index is 181. The summed E-state index contributed by atoms with van der Waals surface area (Å²) in [5, 5.41) is 0. The highest BCUT2D eigenvalue weighted by Crippen LogP contribution is 2.36. The largest absolute Gasteiger partial charge is 0.321 e. The van der Waals surface area contributed by atoms with Gasteiger partial charge in [0, 0.05) is 6.42 Å². The van der Waals surface area contributed by atoms with E-state index in [2.05, 4.69) is 20.8 Å². The quantitative estimate of drug-likeness (QED) is 0.600. The Hall–Kier alpha value is -0.370. The molecule has 0 spiro atoms. The summed E-state index contributed by atoms with van der Waals surface area (Å²) in [5.74, 6) is 0.862. The molecule has 2 unspecified atom stereocenters. The summed E-state index contributed by atoms with van der Waals surface area (Å²) in [6.45, 7) is 6.67. The molecule has 0 heterocycles. The maximum absolute atomic E-state index is 11.1. The van der Waals surface area contributed by atoms with Gasteiger partial charge >= 0.3 is 0 Å². The molecule has 70 valence electrons. The zero-order valence-corrected chi connectivity index (χ0v) is 8.26. The van der Waals surface area contributed by atoms with E-state index in [0.717, 1.165) is 12.8 Å². The number of carbonyl (C=O) groups excluding carboxylic acids is 1. The van der Waals surface area contributed by atoms with Gasteiger partial charge in [0.15, 0.2) is 0 Å². The zero-order chi connectivity index (χ0) is 9.35. The third-order valence-electron chi connectivity index (χ3n) is 2.92. The molecule has 2 heteroatoms. The highest BCUT2D eigenvalue weighted by atomic mass is 16.1. The molecular formula is C10H19NO. The van der Waals surface area contributed by atoms with Crippen LogP contribution in [-0.4, -0.2) is 11.8 Å². The number of ketones is 1. The van der Waals surface area contributed by atoms with Crippen molar-refractivity contribution in [1.29, 1.82) is 0 Å². The van der Waals surface area contributed by atoms with Gasteiger partial charge in [0.1, 0.15) is 5.78 Å². The Morgan fingerprint density at radius 1 is 1.42 bits per heavy atom. The Morgan fingerprint density at radius 3 is 2.42 bits per heavy atom. The van der Waals surface area contributed by atoms with Crippen molar-refractivity contribution in [1.82, 2.24) is 0 Å². The molecule has 2 nitrogen and oxygen atoms in total. The van der Waals surface area contributed by atoms with Gasteiger partial charge < -0.3 is 5.73 Å². The SMILES string of the molecule is CC(C)(C)C1CCC(=O)C(N)C1. The number of rotatable bonds is 0. The standard InChI is InChI=1S/C10H19NO/c1-10(2,3)7-4-5-9(12)8(11)6-7/h7-8H,4-6,11H2,1-3H3. The maximum atomic E-state index is 11.1. The van der Waals surface area contributed by atoms with Crippen LogP contribution < -0.4 is 5.73 Å². The smallest absolute Gasteiger partial charge is 0.149 e. The highest BCUT2D eigenvalue weighted by molar-refractivity contribution is 5.84. The molecule has 0 radical (unpaired) electrons. The molecule has 1 aliphatic rings. The first kappa shape index (κ1) is 9.72. The molecule has 1 rings (SSSR count). The molecule has 0 bridgehead atoms. The molecule has 0 aromatic carbocycles. The van der Waals surface area contributed by atoms with Crippen LogP contribution in [0.4, 0.5) is 0 Å². The molecule has 2 N–H and O–H groups in total. The molecule has 0 aromatic heterocycles. The summed E-state index contributed by atoms with van der Waals surface area (Å²) >= 11 is 0. The van der Waals surface area contributed by atoms with Crippen LogP contribution in [0.25, 0.3) is 0 Å². The zero-order valence-electron chi connectivity index (χ0n) is 8.26. The Balaban J connectivity index is 2.57. The van der Waals surface area contributed by atoms with Gasteiger partial charge in [0.2, 0.25) is 0 Å². The summed E-state index contributed by atoms with van der Waals surface area (Å²) in [5.41, 5.74) is 6.02. The lowest BCUT2D eigenvalue weighted by molar-refractivity contribution is -0.123. The first-order chi connectivity index (χ1) is 5.41. The Morgan fingerprint density at radius 2 is 2.00 bits per heavy atom. The lowest BCUT2D eigenvalue weighted by Crippen LogP contribution is -2.40. The van der Waals surface area contributed by atoms with E-state index >= 15 is 0 Å². The normalized spacial score (nSPS) is 32.2. The fraction of sp³-hybridized carbons (Fsp3) is 0.900. The van der Waals surface area contributed by atoms with E-state index in [1.807, 2.05) is 0 Å². The average Bonchev–Trinajstić information content (AvgIpc) is 1.92. The van der Waals surface area contributed by atoms with Crippen molar-refractivity contribution in [2.75, 3.05) is 0 Å². The van der Waals surface area contributed by atoms with Crippen molar-refractivity contribution < 1.29 is 4.79 Å². The lowest BCUT2D eigenvalue weighted by atomic mass is 9.71. The van der Waals surface area contributed by atoms with Gasteiger partial charge in [0.25, 0.3) is 0 Å². The van der Waals surface area contributed by atoms with Crippen molar-refractivity contribution in [3.8, 4) is 0 Å². The third kappa shape index (κ3) is 2.07. The number of hydrogen-bond donors (Lipinski definition) is 1. The number of carbonyl (C=O) groups is 1.